The fourth-order valence-electron chi connectivity index (χ4n) is 2.30. The maximum atomic E-state index is 13.9. The highest BCUT2D eigenvalue weighted by molar-refractivity contribution is 5.68. The van der Waals surface area contributed by atoms with Crippen molar-refractivity contribution in [2.75, 3.05) is 0 Å². The molecule has 1 aromatic rings. The molecule has 0 aromatic heterocycles. The van der Waals surface area contributed by atoms with Gasteiger partial charge in [-0.2, -0.15) is 0 Å². The summed E-state index contributed by atoms with van der Waals surface area (Å²) in [5, 5.41) is 8.91. The number of carboxylic acids is 1. The summed E-state index contributed by atoms with van der Waals surface area (Å²) in [7, 11) is 0. The highest BCUT2D eigenvalue weighted by atomic mass is 19.1. The Hall–Kier alpha value is -1.38. The van der Waals surface area contributed by atoms with E-state index in [2.05, 4.69) is 0 Å². The Kier molecular flexibility index (Phi) is 3.18. The molecule has 0 heterocycles. The smallest absolute Gasteiger partial charge is 0.303 e. The fraction of sp³-hybridized carbons (Fsp3) is 0.500. The molecule has 2 rings (SSSR count). The Morgan fingerprint density at radius 1 is 1.41 bits per heavy atom. The lowest BCUT2D eigenvalue weighted by atomic mass is 9.88. The molecule has 1 N–H and O–H groups in total. The molecule has 0 aliphatic heterocycles. The average Bonchev–Trinajstić information content (AvgIpc) is 3.04. The van der Waals surface area contributed by atoms with Gasteiger partial charge in [0.1, 0.15) is 5.82 Å². The molecule has 0 saturated heterocycles. The van der Waals surface area contributed by atoms with Gasteiger partial charge in [-0.05, 0) is 55.4 Å². The monoisotopic (exact) mass is 236 g/mol. The Bertz CT molecular complexity index is 450. The highest BCUT2D eigenvalue weighted by Gasteiger charge is 2.35. The molecule has 1 unspecified atom stereocenters. The Balaban J connectivity index is 2.35. The lowest BCUT2D eigenvalue weighted by molar-refractivity contribution is -0.137. The van der Waals surface area contributed by atoms with Gasteiger partial charge in [0.2, 0.25) is 0 Å². The highest BCUT2D eigenvalue weighted by Crippen LogP contribution is 2.45. The molecule has 0 bridgehead atoms. The third-order valence-electron chi connectivity index (χ3n) is 3.60. The first kappa shape index (κ1) is 12.1. The first-order chi connectivity index (χ1) is 7.99. The van der Waals surface area contributed by atoms with Gasteiger partial charge in [-0.3, -0.25) is 4.79 Å². The van der Waals surface area contributed by atoms with Crippen LogP contribution in [0.3, 0.4) is 0 Å². The quantitative estimate of drug-likeness (QED) is 0.869. The van der Waals surface area contributed by atoms with Crippen LogP contribution in [0.15, 0.2) is 12.1 Å². The average molecular weight is 236 g/mol. The van der Waals surface area contributed by atoms with Crippen molar-refractivity contribution >= 4 is 5.97 Å². The second-order valence-corrected chi connectivity index (χ2v) is 5.00. The molecular weight excluding hydrogens is 219 g/mol. The van der Waals surface area contributed by atoms with Gasteiger partial charge < -0.3 is 5.11 Å². The normalized spacial score (nSPS) is 16.9. The molecule has 0 spiro atoms. The molecule has 1 fully saturated rings. The van der Waals surface area contributed by atoms with Crippen molar-refractivity contribution in [2.45, 2.75) is 39.0 Å². The van der Waals surface area contributed by atoms with Crippen LogP contribution < -0.4 is 0 Å². The van der Waals surface area contributed by atoms with Crippen molar-refractivity contribution in [3.8, 4) is 0 Å². The lowest BCUT2D eigenvalue weighted by Gasteiger charge is -2.17. The van der Waals surface area contributed by atoms with Crippen LogP contribution in [0.5, 0.6) is 0 Å². The molecule has 1 atom stereocenters. The number of hydrogen-bond donors (Lipinski definition) is 1. The number of rotatable bonds is 4. The number of benzene rings is 1. The number of hydrogen-bond acceptors (Lipinski definition) is 1. The second kappa shape index (κ2) is 4.47. The zero-order valence-corrected chi connectivity index (χ0v) is 10.2. The van der Waals surface area contributed by atoms with Crippen molar-refractivity contribution in [3.63, 3.8) is 0 Å². The van der Waals surface area contributed by atoms with Crippen LogP contribution in [0.1, 0.15) is 41.9 Å². The Morgan fingerprint density at radius 2 is 2.00 bits per heavy atom. The summed E-state index contributed by atoms with van der Waals surface area (Å²) < 4.78 is 13.9. The molecule has 3 heteroatoms. The third-order valence-corrected chi connectivity index (χ3v) is 3.60. The summed E-state index contributed by atoms with van der Waals surface area (Å²) in [4.78, 5) is 10.9. The molecule has 1 aliphatic rings. The van der Waals surface area contributed by atoms with E-state index < -0.39 is 5.97 Å². The lowest BCUT2D eigenvalue weighted by Crippen LogP contribution is -2.10. The van der Waals surface area contributed by atoms with Crippen LogP contribution in [-0.2, 0) is 4.79 Å². The van der Waals surface area contributed by atoms with Crippen LogP contribution in [0.2, 0.25) is 0 Å². The summed E-state index contributed by atoms with van der Waals surface area (Å²) in [5.41, 5.74) is 2.52. The summed E-state index contributed by atoms with van der Waals surface area (Å²) in [5.74, 6) is -0.916. The first-order valence-electron chi connectivity index (χ1n) is 5.97. The van der Waals surface area contributed by atoms with E-state index in [0.29, 0.717) is 11.5 Å². The number of aryl methyl sites for hydroxylation is 2. The van der Waals surface area contributed by atoms with Crippen molar-refractivity contribution in [3.05, 3.63) is 34.6 Å². The predicted octanol–water partition coefficient (Wildman–Crippen LogP) is 3.41. The molecule has 1 saturated carbocycles. The maximum absolute atomic E-state index is 13.9. The molecule has 17 heavy (non-hydrogen) atoms. The minimum Gasteiger partial charge on any atom is -0.481 e. The van der Waals surface area contributed by atoms with Crippen LogP contribution in [0.25, 0.3) is 0 Å². The second-order valence-electron chi connectivity index (χ2n) is 5.00. The summed E-state index contributed by atoms with van der Waals surface area (Å²) >= 11 is 0. The number of halogens is 1. The number of carbonyl (C=O) groups is 1. The van der Waals surface area contributed by atoms with E-state index in [1.54, 1.807) is 0 Å². The molecule has 1 aromatic carbocycles. The van der Waals surface area contributed by atoms with E-state index in [0.717, 1.165) is 24.0 Å². The largest absolute Gasteiger partial charge is 0.481 e. The van der Waals surface area contributed by atoms with E-state index in [4.69, 9.17) is 5.11 Å². The van der Waals surface area contributed by atoms with Gasteiger partial charge in [-0.15, -0.1) is 0 Å². The Morgan fingerprint density at radius 3 is 2.53 bits per heavy atom. The van der Waals surface area contributed by atoms with Crippen molar-refractivity contribution in [1.82, 2.24) is 0 Å². The zero-order valence-electron chi connectivity index (χ0n) is 10.2. The summed E-state index contributed by atoms with van der Waals surface area (Å²) in [6.45, 7) is 3.80. The van der Waals surface area contributed by atoms with Crippen LogP contribution in [0, 0.1) is 25.6 Å². The maximum Gasteiger partial charge on any atom is 0.303 e. The zero-order chi connectivity index (χ0) is 12.6. The molecule has 0 amide bonds. The molecule has 0 radical (unpaired) electrons. The van der Waals surface area contributed by atoms with E-state index >= 15 is 0 Å². The van der Waals surface area contributed by atoms with Gasteiger partial charge in [0.25, 0.3) is 0 Å². The van der Waals surface area contributed by atoms with Gasteiger partial charge in [0, 0.05) is 5.92 Å². The topological polar surface area (TPSA) is 37.3 Å². The van der Waals surface area contributed by atoms with Crippen LogP contribution >= 0.6 is 0 Å². The van der Waals surface area contributed by atoms with E-state index in [1.807, 2.05) is 19.9 Å². The van der Waals surface area contributed by atoms with E-state index in [9.17, 15) is 9.18 Å². The van der Waals surface area contributed by atoms with Gasteiger partial charge >= 0.3 is 5.97 Å². The van der Waals surface area contributed by atoms with Crippen molar-refractivity contribution in [2.24, 2.45) is 5.92 Å². The van der Waals surface area contributed by atoms with Gasteiger partial charge in [-0.1, -0.05) is 6.07 Å². The van der Waals surface area contributed by atoms with Gasteiger partial charge in [0.05, 0.1) is 6.42 Å². The van der Waals surface area contributed by atoms with Crippen LogP contribution in [0.4, 0.5) is 4.39 Å². The van der Waals surface area contributed by atoms with Gasteiger partial charge in [-0.25, -0.2) is 4.39 Å². The van der Waals surface area contributed by atoms with Crippen LogP contribution in [-0.4, -0.2) is 11.1 Å². The summed E-state index contributed by atoms with van der Waals surface area (Å²) in [6.07, 6.45) is 2.07. The molecule has 2 nitrogen and oxygen atoms in total. The third kappa shape index (κ3) is 2.65. The minimum atomic E-state index is -0.848. The first-order valence-corrected chi connectivity index (χ1v) is 5.97. The van der Waals surface area contributed by atoms with Crippen molar-refractivity contribution in [1.29, 1.82) is 0 Å². The number of aliphatic carboxylic acids is 1. The molecule has 1 aliphatic carbocycles. The molecule has 92 valence electrons. The Labute approximate surface area is 100 Å². The van der Waals surface area contributed by atoms with E-state index in [1.165, 1.54) is 6.07 Å². The minimum absolute atomic E-state index is 0.0318. The van der Waals surface area contributed by atoms with Crippen molar-refractivity contribution < 1.29 is 14.3 Å². The summed E-state index contributed by atoms with van der Waals surface area (Å²) in [6, 6.07) is 3.33. The standard InChI is InChI=1S/C14H17FO2/c1-8-5-12(13(15)6-9(8)2)11(7-14(16)17)10-3-4-10/h5-6,10-11H,3-4,7H2,1-2H3,(H,16,17). The predicted molar refractivity (Wildman–Crippen MR) is 63.6 cm³/mol. The van der Waals surface area contributed by atoms with E-state index in [-0.39, 0.29) is 18.2 Å². The molecular formula is C14H17FO2. The van der Waals surface area contributed by atoms with Gasteiger partial charge in [0.15, 0.2) is 0 Å². The fourth-order valence-corrected chi connectivity index (χ4v) is 2.30. The SMILES string of the molecule is Cc1cc(F)c(C(CC(=O)O)C2CC2)cc1C. The number of carboxylic acid groups (broad SMARTS) is 1.